The van der Waals surface area contributed by atoms with Crippen LogP contribution in [0.3, 0.4) is 0 Å². The Morgan fingerprint density at radius 1 is 1.33 bits per heavy atom. The van der Waals surface area contributed by atoms with Crippen molar-refractivity contribution < 1.29 is 13.6 Å². The van der Waals surface area contributed by atoms with E-state index in [1.165, 1.54) is 11.3 Å². The third-order valence-corrected chi connectivity index (χ3v) is 4.26. The molecule has 0 radical (unpaired) electrons. The standard InChI is InChI=1S/C12H8BrF2NOS/c1-5-2-8(13)12(18-5)11(17)7-3-6(14)4-9(16)10(7)15/h2-4H,16H2,1H3. The Labute approximate surface area is 115 Å². The van der Waals surface area contributed by atoms with Crippen LogP contribution in [0.2, 0.25) is 0 Å². The van der Waals surface area contributed by atoms with Crippen LogP contribution in [0.25, 0.3) is 0 Å². The van der Waals surface area contributed by atoms with Crippen LogP contribution in [0.4, 0.5) is 14.5 Å². The largest absolute Gasteiger partial charge is 0.396 e. The quantitative estimate of drug-likeness (QED) is 0.669. The van der Waals surface area contributed by atoms with Crippen molar-refractivity contribution in [2.45, 2.75) is 6.92 Å². The Hall–Kier alpha value is -1.27. The minimum atomic E-state index is -0.889. The average Bonchev–Trinajstić information content (AvgIpc) is 2.62. The first-order valence-electron chi connectivity index (χ1n) is 4.95. The predicted molar refractivity (Wildman–Crippen MR) is 71.0 cm³/mol. The van der Waals surface area contributed by atoms with Crippen LogP contribution < -0.4 is 5.73 Å². The highest BCUT2D eigenvalue weighted by atomic mass is 79.9. The summed E-state index contributed by atoms with van der Waals surface area (Å²) in [5.41, 5.74) is 4.58. The summed E-state index contributed by atoms with van der Waals surface area (Å²) in [5, 5.41) is 0. The molecule has 94 valence electrons. The number of nitrogens with two attached hydrogens (primary N) is 1. The minimum absolute atomic E-state index is 0.330. The molecule has 6 heteroatoms. The number of hydrogen-bond donors (Lipinski definition) is 1. The molecule has 1 aromatic carbocycles. The van der Waals surface area contributed by atoms with Crippen molar-refractivity contribution in [2.24, 2.45) is 0 Å². The van der Waals surface area contributed by atoms with Gasteiger partial charge in [0, 0.05) is 9.35 Å². The third-order valence-electron chi connectivity index (χ3n) is 2.33. The van der Waals surface area contributed by atoms with Crippen molar-refractivity contribution in [3.05, 3.63) is 49.6 Å². The maximum atomic E-state index is 13.7. The maximum Gasteiger partial charge on any atom is 0.207 e. The normalized spacial score (nSPS) is 10.7. The molecule has 0 amide bonds. The van der Waals surface area contributed by atoms with Crippen LogP contribution in [0.5, 0.6) is 0 Å². The summed E-state index contributed by atoms with van der Waals surface area (Å²) in [6.07, 6.45) is 0. The first kappa shape index (κ1) is 13.2. The molecule has 0 aliphatic carbocycles. The van der Waals surface area contributed by atoms with Crippen molar-refractivity contribution in [3.63, 3.8) is 0 Å². The molecule has 0 saturated heterocycles. The molecule has 0 unspecified atom stereocenters. The van der Waals surface area contributed by atoms with E-state index in [1.807, 2.05) is 6.92 Å². The van der Waals surface area contributed by atoms with Gasteiger partial charge >= 0.3 is 0 Å². The molecule has 2 N–H and O–H groups in total. The van der Waals surface area contributed by atoms with E-state index >= 15 is 0 Å². The van der Waals surface area contributed by atoms with Gasteiger partial charge in [-0.25, -0.2) is 8.78 Å². The first-order valence-corrected chi connectivity index (χ1v) is 6.56. The molecule has 0 fully saturated rings. The summed E-state index contributed by atoms with van der Waals surface area (Å²) < 4.78 is 27.5. The Morgan fingerprint density at radius 2 is 2.00 bits per heavy atom. The lowest BCUT2D eigenvalue weighted by Gasteiger charge is -2.04. The molecule has 2 aromatic rings. The molecule has 0 spiro atoms. The number of hydrogen-bond acceptors (Lipinski definition) is 3. The second kappa shape index (κ2) is 4.78. The van der Waals surface area contributed by atoms with Gasteiger partial charge in [-0.3, -0.25) is 4.79 Å². The molecule has 0 bridgehead atoms. The van der Waals surface area contributed by atoms with E-state index in [0.29, 0.717) is 9.35 Å². The van der Waals surface area contributed by atoms with Gasteiger partial charge in [-0.15, -0.1) is 11.3 Å². The third kappa shape index (κ3) is 2.30. The summed E-state index contributed by atoms with van der Waals surface area (Å²) in [5.74, 6) is -2.20. The van der Waals surface area contributed by atoms with E-state index in [1.54, 1.807) is 6.07 Å². The molecule has 2 nitrogen and oxygen atoms in total. The molecule has 0 atom stereocenters. The smallest absolute Gasteiger partial charge is 0.207 e. The van der Waals surface area contributed by atoms with E-state index in [9.17, 15) is 13.6 Å². The van der Waals surface area contributed by atoms with Crippen LogP contribution in [-0.2, 0) is 0 Å². The second-order valence-electron chi connectivity index (χ2n) is 3.72. The number of carbonyl (C=O) groups excluding carboxylic acids is 1. The van der Waals surface area contributed by atoms with Crippen molar-refractivity contribution >= 4 is 38.7 Å². The zero-order valence-electron chi connectivity index (χ0n) is 9.26. The van der Waals surface area contributed by atoms with Gasteiger partial charge < -0.3 is 5.73 Å². The van der Waals surface area contributed by atoms with Gasteiger partial charge in [-0.1, -0.05) is 0 Å². The maximum absolute atomic E-state index is 13.7. The fraction of sp³-hybridized carbons (Fsp3) is 0.0833. The van der Waals surface area contributed by atoms with Crippen LogP contribution >= 0.6 is 27.3 Å². The molecule has 0 saturated carbocycles. The van der Waals surface area contributed by atoms with E-state index in [-0.39, 0.29) is 11.3 Å². The molecule has 2 rings (SSSR count). The zero-order chi connectivity index (χ0) is 13.4. The minimum Gasteiger partial charge on any atom is -0.396 e. The summed E-state index contributed by atoms with van der Waals surface area (Å²) in [4.78, 5) is 13.4. The fourth-order valence-electron chi connectivity index (χ4n) is 1.54. The highest BCUT2D eigenvalue weighted by Crippen LogP contribution is 2.30. The van der Waals surface area contributed by atoms with Crippen molar-refractivity contribution in [1.29, 1.82) is 0 Å². The number of halogens is 3. The SMILES string of the molecule is Cc1cc(Br)c(C(=O)c2cc(F)cc(N)c2F)s1. The van der Waals surface area contributed by atoms with Crippen molar-refractivity contribution in [1.82, 2.24) is 0 Å². The lowest BCUT2D eigenvalue weighted by molar-refractivity contribution is 0.103. The lowest BCUT2D eigenvalue weighted by Crippen LogP contribution is -2.06. The second-order valence-corrected chi connectivity index (χ2v) is 5.83. The number of anilines is 1. The number of aryl methyl sites for hydroxylation is 1. The Kier molecular flexibility index (Phi) is 3.49. The molecular weight excluding hydrogens is 324 g/mol. The van der Waals surface area contributed by atoms with Gasteiger partial charge in [-0.05, 0) is 41.1 Å². The molecule has 0 aliphatic heterocycles. The van der Waals surface area contributed by atoms with Crippen LogP contribution in [0, 0.1) is 18.6 Å². The van der Waals surface area contributed by atoms with Crippen molar-refractivity contribution in [2.75, 3.05) is 5.73 Å². The molecule has 1 aromatic heterocycles. The Bertz CT molecular complexity index is 639. The topological polar surface area (TPSA) is 43.1 Å². The van der Waals surface area contributed by atoms with Gasteiger partial charge in [0.2, 0.25) is 5.78 Å². The fourth-order valence-corrected chi connectivity index (χ4v) is 3.31. The van der Waals surface area contributed by atoms with Gasteiger partial charge in [0.1, 0.15) is 5.82 Å². The number of rotatable bonds is 2. The highest BCUT2D eigenvalue weighted by Gasteiger charge is 2.21. The van der Waals surface area contributed by atoms with Crippen LogP contribution in [0.1, 0.15) is 20.1 Å². The van der Waals surface area contributed by atoms with Crippen LogP contribution in [0.15, 0.2) is 22.7 Å². The molecular formula is C12H8BrF2NOS. The zero-order valence-corrected chi connectivity index (χ0v) is 11.7. The van der Waals surface area contributed by atoms with E-state index < -0.39 is 17.4 Å². The summed E-state index contributed by atoms with van der Waals surface area (Å²) in [6.45, 7) is 1.82. The van der Waals surface area contributed by atoms with E-state index in [4.69, 9.17) is 5.73 Å². The van der Waals surface area contributed by atoms with Crippen molar-refractivity contribution in [3.8, 4) is 0 Å². The van der Waals surface area contributed by atoms with Gasteiger partial charge in [0.15, 0.2) is 5.82 Å². The van der Waals surface area contributed by atoms with Gasteiger partial charge in [0.25, 0.3) is 0 Å². The Morgan fingerprint density at radius 3 is 2.56 bits per heavy atom. The summed E-state index contributed by atoms with van der Waals surface area (Å²) in [7, 11) is 0. The van der Waals surface area contributed by atoms with E-state index in [2.05, 4.69) is 15.9 Å². The number of nitrogen functional groups attached to an aromatic ring is 1. The number of ketones is 1. The summed E-state index contributed by atoms with van der Waals surface area (Å²) >= 11 is 4.43. The Balaban J connectivity index is 2.56. The summed E-state index contributed by atoms with van der Waals surface area (Å²) in [6, 6.07) is 3.45. The predicted octanol–water partition coefficient (Wildman–Crippen LogP) is 3.91. The lowest BCUT2D eigenvalue weighted by atomic mass is 10.1. The first-order chi connectivity index (χ1) is 8.40. The average molecular weight is 332 g/mol. The van der Waals surface area contributed by atoms with E-state index in [0.717, 1.165) is 17.0 Å². The number of carbonyl (C=O) groups is 1. The van der Waals surface area contributed by atoms with Crippen LogP contribution in [-0.4, -0.2) is 5.78 Å². The number of benzene rings is 1. The molecule has 0 aliphatic rings. The molecule has 18 heavy (non-hydrogen) atoms. The number of thiophene rings is 1. The molecule has 1 heterocycles. The highest BCUT2D eigenvalue weighted by molar-refractivity contribution is 9.10. The van der Waals surface area contributed by atoms with Gasteiger partial charge in [-0.2, -0.15) is 0 Å². The monoisotopic (exact) mass is 331 g/mol. The van der Waals surface area contributed by atoms with Gasteiger partial charge in [0.05, 0.1) is 16.1 Å².